The number of pyridine rings is 2. The van der Waals surface area contributed by atoms with Crippen LogP contribution in [0.3, 0.4) is 0 Å². The summed E-state index contributed by atoms with van der Waals surface area (Å²) in [6.45, 7) is 4.29. The van der Waals surface area contributed by atoms with Crippen molar-refractivity contribution in [2.45, 2.75) is 19.8 Å². The summed E-state index contributed by atoms with van der Waals surface area (Å²) in [6.07, 6.45) is 5.48. The van der Waals surface area contributed by atoms with Gasteiger partial charge in [0, 0.05) is 24.0 Å². The van der Waals surface area contributed by atoms with Gasteiger partial charge in [-0.25, -0.2) is 4.98 Å². The van der Waals surface area contributed by atoms with E-state index in [2.05, 4.69) is 23.8 Å². The van der Waals surface area contributed by atoms with E-state index < -0.39 is 0 Å². The molecule has 2 heterocycles. The Morgan fingerprint density at radius 1 is 1.21 bits per heavy atom. The third kappa shape index (κ3) is 1.41. The van der Waals surface area contributed by atoms with Gasteiger partial charge in [-0.05, 0) is 22.9 Å². The third-order valence-corrected chi connectivity index (χ3v) is 2.32. The van der Waals surface area contributed by atoms with E-state index in [1.165, 1.54) is 5.56 Å². The Labute approximate surface area is 83.0 Å². The topological polar surface area (TPSA) is 51.8 Å². The van der Waals surface area contributed by atoms with E-state index in [0.717, 1.165) is 10.8 Å². The maximum absolute atomic E-state index is 5.66. The summed E-state index contributed by atoms with van der Waals surface area (Å²) in [5.41, 5.74) is 6.88. The smallest absolute Gasteiger partial charge is 0.123 e. The van der Waals surface area contributed by atoms with E-state index in [4.69, 9.17) is 5.73 Å². The molecule has 0 saturated heterocycles. The maximum atomic E-state index is 5.66. The van der Waals surface area contributed by atoms with E-state index in [1.54, 1.807) is 6.20 Å². The van der Waals surface area contributed by atoms with Crippen molar-refractivity contribution in [1.82, 2.24) is 9.97 Å². The summed E-state index contributed by atoms with van der Waals surface area (Å²) in [5, 5.41) is 2.20. The molecule has 0 radical (unpaired) electrons. The quantitative estimate of drug-likeness (QED) is 0.745. The van der Waals surface area contributed by atoms with Gasteiger partial charge in [0.25, 0.3) is 0 Å². The second-order valence-corrected chi connectivity index (χ2v) is 3.71. The Morgan fingerprint density at radius 2 is 2.00 bits per heavy atom. The van der Waals surface area contributed by atoms with Crippen molar-refractivity contribution in [3.8, 4) is 0 Å². The Kier molecular flexibility index (Phi) is 2.08. The molecule has 2 aromatic heterocycles. The van der Waals surface area contributed by atoms with E-state index in [-0.39, 0.29) is 0 Å². The first-order chi connectivity index (χ1) is 6.68. The highest BCUT2D eigenvalue weighted by atomic mass is 14.8. The molecule has 0 aliphatic carbocycles. The molecule has 2 N–H and O–H groups in total. The summed E-state index contributed by atoms with van der Waals surface area (Å²) in [5.74, 6) is 1.01. The standard InChI is InChI=1S/C11H13N3/c1-7(2)10-6-13-4-8-5-14-11(12)3-9(8)10/h3-7H,1-2H3,(H2,12,14). The normalized spacial score (nSPS) is 11.1. The Morgan fingerprint density at radius 3 is 2.71 bits per heavy atom. The Bertz CT molecular complexity index is 463. The number of anilines is 1. The van der Waals surface area contributed by atoms with Gasteiger partial charge in [-0.3, -0.25) is 4.98 Å². The third-order valence-electron chi connectivity index (χ3n) is 2.32. The molecule has 0 aromatic carbocycles. The summed E-state index contributed by atoms with van der Waals surface area (Å²) < 4.78 is 0. The summed E-state index contributed by atoms with van der Waals surface area (Å²) in [6, 6.07) is 1.91. The van der Waals surface area contributed by atoms with Crippen molar-refractivity contribution < 1.29 is 0 Å². The zero-order valence-corrected chi connectivity index (χ0v) is 8.36. The van der Waals surface area contributed by atoms with E-state index in [9.17, 15) is 0 Å². The van der Waals surface area contributed by atoms with Gasteiger partial charge in [0.2, 0.25) is 0 Å². The summed E-state index contributed by atoms with van der Waals surface area (Å²) in [7, 11) is 0. The molecule has 72 valence electrons. The minimum atomic E-state index is 0.452. The maximum Gasteiger partial charge on any atom is 0.123 e. The molecule has 0 aliphatic heterocycles. The lowest BCUT2D eigenvalue weighted by molar-refractivity contribution is 0.869. The zero-order valence-electron chi connectivity index (χ0n) is 8.36. The minimum Gasteiger partial charge on any atom is -0.384 e. The van der Waals surface area contributed by atoms with Gasteiger partial charge in [0.15, 0.2) is 0 Å². The van der Waals surface area contributed by atoms with Gasteiger partial charge in [-0.15, -0.1) is 0 Å². The lowest BCUT2D eigenvalue weighted by Gasteiger charge is -2.08. The van der Waals surface area contributed by atoms with E-state index in [1.807, 2.05) is 18.5 Å². The number of hydrogen-bond acceptors (Lipinski definition) is 3. The van der Waals surface area contributed by atoms with Crippen LogP contribution >= 0.6 is 0 Å². The molecule has 0 unspecified atom stereocenters. The summed E-state index contributed by atoms with van der Waals surface area (Å²) >= 11 is 0. The van der Waals surface area contributed by atoms with Gasteiger partial charge in [0.1, 0.15) is 5.82 Å². The van der Waals surface area contributed by atoms with Crippen LogP contribution in [0.5, 0.6) is 0 Å². The Hall–Kier alpha value is -1.64. The fourth-order valence-electron chi connectivity index (χ4n) is 1.56. The van der Waals surface area contributed by atoms with Crippen molar-refractivity contribution >= 4 is 16.6 Å². The molecule has 14 heavy (non-hydrogen) atoms. The molecule has 0 atom stereocenters. The van der Waals surface area contributed by atoms with Crippen molar-refractivity contribution in [1.29, 1.82) is 0 Å². The highest BCUT2D eigenvalue weighted by Crippen LogP contribution is 2.24. The molecule has 2 aromatic rings. The highest BCUT2D eigenvalue weighted by Gasteiger charge is 2.05. The molecule has 0 fully saturated rings. The van der Waals surface area contributed by atoms with Crippen LogP contribution in [0.4, 0.5) is 5.82 Å². The van der Waals surface area contributed by atoms with E-state index >= 15 is 0 Å². The first-order valence-electron chi connectivity index (χ1n) is 4.67. The minimum absolute atomic E-state index is 0.452. The first-order valence-corrected chi connectivity index (χ1v) is 4.67. The van der Waals surface area contributed by atoms with Gasteiger partial charge >= 0.3 is 0 Å². The number of nitrogen functional groups attached to an aromatic ring is 1. The van der Waals surface area contributed by atoms with Gasteiger partial charge in [-0.1, -0.05) is 13.8 Å². The molecule has 3 heteroatoms. The van der Waals surface area contributed by atoms with Crippen LogP contribution in [0.15, 0.2) is 24.7 Å². The average molecular weight is 187 g/mol. The number of nitrogens with zero attached hydrogens (tertiary/aromatic N) is 2. The van der Waals surface area contributed by atoms with Crippen LogP contribution in [0.2, 0.25) is 0 Å². The number of rotatable bonds is 1. The van der Waals surface area contributed by atoms with Crippen LogP contribution in [0.25, 0.3) is 10.8 Å². The van der Waals surface area contributed by atoms with Gasteiger partial charge < -0.3 is 5.73 Å². The predicted octanol–water partition coefficient (Wildman–Crippen LogP) is 2.34. The average Bonchev–Trinajstić information content (AvgIpc) is 2.16. The first kappa shape index (κ1) is 8.94. The van der Waals surface area contributed by atoms with Crippen LogP contribution in [0, 0.1) is 0 Å². The SMILES string of the molecule is CC(C)c1cncc2cnc(N)cc12. The van der Waals surface area contributed by atoms with Crippen molar-refractivity contribution in [2.75, 3.05) is 5.73 Å². The lowest BCUT2D eigenvalue weighted by Crippen LogP contribution is -1.94. The molecule has 0 bridgehead atoms. The lowest BCUT2D eigenvalue weighted by atomic mass is 10.00. The molecule has 3 nitrogen and oxygen atoms in total. The van der Waals surface area contributed by atoms with Gasteiger partial charge in [0.05, 0.1) is 0 Å². The largest absolute Gasteiger partial charge is 0.384 e. The van der Waals surface area contributed by atoms with Crippen LogP contribution in [-0.2, 0) is 0 Å². The van der Waals surface area contributed by atoms with Crippen molar-refractivity contribution in [2.24, 2.45) is 0 Å². The van der Waals surface area contributed by atoms with Crippen LogP contribution in [0.1, 0.15) is 25.3 Å². The molecule has 2 rings (SSSR count). The molecule has 0 amide bonds. The second-order valence-electron chi connectivity index (χ2n) is 3.71. The number of nitrogens with two attached hydrogens (primary N) is 1. The monoisotopic (exact) mass is 187 g/mol. The van der Waals surface area contributed by atoms with E-state index in [0.29, 0.717) is 11.7 Å². The van der Waals surface area contributed by atoms with Crippen LogP contribution in [-0.4, -0.2) is 9.97 Å². The highest BCUT2D eigenvalue weighted by molar-refractivity contribution is 5.86. The predicted molar refractivity (Wildman–Crippen MR) is 58.0 cm³/mol. The van der Waals surface area contributed by atoms with Crippen molar-refractivity contribution in [3.05, 3.63) is 30.2 Å². The molecule has 0 saturated carbocycles. The number of fused-ring (bicyclic) bond motifs is 1. The number of aromatic nitrogens is 2. The number of hydrogen-bond donors (Lipinski definition) is 1. The van der Waals surface area contributed by atoms with Gasteiger partial charge in [-0.2, -0.15) is 0 Å². The fourth-order valence-corrected chi connectivity index (χ4v) is 1.56. The molecule has 0 spiro atoms. The molecular weight excluding hydrogens is 174 g/mol. The zero-order chi connectivity index (χ0) is 10.1. The molecule has 0 aliphatic rings. The van der Waals surface area contributed by atoms with Crippen molar-refractivity contribution in [3.63, 3.8) is 0 Å². The summed E-state index contributed by atoms with van der Waals surface area (Å²) in [4.78, 5) is 8.23. The Balaban J connectivity index is 2.77. The van der Waals surface area contributed by atoms with Crippen LogP contribution < -0.4 is 5.73 Å². The molecular formula is C11H13N3. The fraction of sp³-hybridized carbons (Fsp3) is 0.273. The second kappa shape index (κ2) is 3.25.